The quantitative estimate of drug-likeness (QED) is 0.744. The third-order valence-electron chi connectivity index (χ3n) is 3.71. The Hall–Kier alpha value is -0.610. The van der Waals surface area contributed by atoms with Crippen LogP contribution in [-0.4, -0.2) is 50.1 Å². The van der Waals surface area contributed by atoms with Gasteiger partial charge in [0.25, 0.3) is 0 Å². The largest absolute Gasteiger partial charge is 0.355 e. The lowest BCUT2D eigenvalue weighted by atomic mass is 9.85. The predicted octanol–water partition coefficient (Wildman–Crippen LogP) is 0.688. The van der Waals surface area contributed by atoms with Crippen LogP contribution in [0.1, 0.15) is 27.2 Å². The first kappa shape index (κ1) is 14.5. The number of likely N-dealkylation sites (tertiary alicyclic amines) is 1. The lowest BCUT2D eigenvalue weighted by Crippen LogP contribution is -2.51. The zero-order valence-electron chi connectivity index (χ0n) is 11.6. The van der Waals surface area contributed by atoms with Crippen molar-refractivity contribution in [2.24, 2.45) is 11.8 Å². The number of amides is 1. The summed E-state index contributed by atoms with van der Waals surface area (Å²) in [5, 5.41) is 6.26. The van der Waals surface area contributed by atoms with Crippen molar-refractivity contribution in [3.8, 4) is 0 Å². The summed E-state index contributed by atoms with van der Waals surface area (Å²) in [6.07, 6.45) is 1.27. The molecule has 1 aliphatic rings. The molecule has 1 amide bonds. The molecule has 1 fully saturated rings. The third-order valence-corrected chi connectivity index (χ3v) is 3.71. The number of hydrogen-bond acceptors (Lipinski definition) is 3. The first-order chi connectivity index (χ1) is 8.02. The van der Waals surface area contributed by atoms with E-state index >= 15 is 0 Å². The second-order valence-electron chi connectivity index (χ2n) is 5.47. The van der Waals surface area contributed by atoms with Gasteiger partial charge in [-0.2, -0.15) is 0 Å². The Morgan fingerprint density at radius 1 is 1.41 bits per heavy atom. The highest BCUT2D eigenvalue weighted by Gasteiger charge is 2.27. The van der Waals surface area contributed by atoms with Gasteiger partial charge in [-0.15, -0.1) is 0 Å². The molecule has 1 heterocycles. The molecule has 0 saturated carbocycles. The van der Waals surface area contributed by atoms with E-state index < -0.39 is 0 Å². The molecule has 0 aliphatic carbocycles. The van der Waals surface area contributed by atoms with Crippen molar-refractivity contribution in [2.75, 3.05) is 33.2 Å². The van der Waals surface area contributed by atoms with Gasteiger partial charge < -0.3 is 10.6 Å². The predicted molar refractivity (Wildman–Crippen MR) is 70.9 cm³/mol. The summed E-state index contributed by atoms with van der Waals surface area (Å²) < 4.78 is 0. The van der Waals surface area contributed by atoms with Gasteiger partial charge in [0.05, 0.1) is 0 Å². The van der Waals surface area contributed by atoms with Gasteiger partial charge in [0.15, 0.2) is 0 Å². The molecule has 2 atom stereocenters. The molecule has 100 valence electrons. The second kappa shape index (κ2) is 6.97. The number of carbonyl (C=O) groups excluding carboxylic acids is 1. The summed E-state index contributed by atoms with van der Waals surface area (Å²) in [5.74, 6) is 1.56. The molecular formula is C13H27N3O. The van der Waals surface area contributed by atoms with E-state index in [4.69, 9.17) is 0 Å². The summed E-state index contributed by atoms with van der Waals surface area (Å²) in [6, 6.07) is 0.591. The highest BCUT2D eigenvalue weighted by Crippen LogP contribution is 2.23. The highest BCUT2D eigenvalue weighted by atomic mass is 16.1. The summed E-state index contributed by atoms with van der Waals surface area (Å²) in [6.45, 7) is 10.2. The molecule has 0 spiro atoms. The highest BCUT2D eigenvalue weighted by molar-refractivity contribution is 5.72. The standard InChI is InChI=1S/C13H27N3O/c1-10(2)12-7-13(14-4)9-16(8-12)6-5-15-11(3)17/h10,12-14H,5-9H2,1-4H3,(H,15,17). The maximum absolute atomic E-state index is 10.8. The summed E-state index contributed by atoms with van der Waals surface area (Å²) in [7, 11) is 2.04. The Balaban J connectivity index is 2.39. The zero-order valence-corrected chi connectivity index (χ0v) is 11.6. The van der Waals surface area contributed by atoms with Crippen LogP contribution in [-0.2, 0) is 4.79 Å². The smallest absolute Gasteiger partial charge is 0.216 e. The molecule has 0 bridgehead atoms. The normalized spacial score (nSPS) is 26.2. The van der Waals surface area contributed by atoms with Crippen molar-refractivity contribution in [1.29, 1.82) is 0 Å². The van der Waals surface area contributed by atoms with Crippen LogP contribution in [0.25, 0.3) is 0 Å². The molecule has 0 aromatic rings. The topological polar surface area (TPSA) is 44.4 Å². The fourth-order valence-electron chi connectivity index (χ4n) is 2.50. The number of nitrogens with zero attached hydrogens (tertiary/aromatic N) is 1. The van der Waals surface area contributed by atoms with E-state index in [1.54, 1.807) is 6.92 Å². The number of likely N-dealkylation sites (N-methyl/N-ethyl adjacent to an activating group) is 1. The molecule has 17 heavy (non-hydrogen) atoms. The fourth-order valence-corrected chi connectivity index (χ4v) is 2.50. The molecular weight excluding hydrogens is 214 g/mol. The van der Waals surface area contributed by atoms with Gasteiger partial charge in [0.1, 0.15) is 0 Å². The number of rotatable bonds is 5. The van der Waals surface area contributed by atoms with Crippen molar-refractivity contribution in [2.45, 2.75) is 33.2 Å². The number of carbonyl (C=O) groups is 1. The van der Waals surface area contributed by atoms with Crippen molar-refractivity contribution < 1.29 is 4.79 Å². The Morgan fingerprint density at radius 2 is 2.12 bits per heavy atom. The molecule has 0 aromatic heterocycles. The Labute approximate surface area is 105 Å². The van der Waals surface area contributed by atoms with Gasteiger partial charge in [0, 0.05) is 39.1 Å². The second-order valence-corrected chi connectivity index (χ2v) is 5.47. The van der Waals surface area contributed by atoms with Crippen LogP contribution in [0, 0.1) is 11.8 Å². The molecule has 1 rings (SSSR count). The molecule has 4 heteroatoms. The summed E-state index contributed by atoms with van der Waals surface area (Å²) in [4.78, 5) is 13.3. The minimum atomic E-state index is 0.0626. The lowest BCUT2D eigenvalue weighted by Gasteiger charge is -2.39. The molecule has 1 aliphatic heterocycles. The maximum Gasteiger partial charge on any atom is 0.216 e. The number of hydrogen-bond donors (Lipinski definition) is 2. The average Bonchev–Trinajstić information content (AvgIpc) is 2.28. The van der Waals surface area contributed by atoms with Gasteiger partial charge in [-0.1, -0.05) is 13.8 Å². The maximum atomic E-state index is 10.8. The Bertz CT molecular complexity index is 243. The van der Waals surface area contributed by atoms with Crippen LogP contribution in [0.3, 0.4) is 0 Å². The van der Waals surface area contributed by atoms with Crippen LogP contribution in [0.2, 0.25) is 0 Å². The Kier molecular flexibility index (Phi) is 5.92. The van der Waals surface area contributed by atoms with Crippen LogP contribution in [0.15, 0.2) is 0 Å². The zero-order chi connectivity index (χ0) is 12.8. The molecule has 1 saturated heterocycles. The third kappa shape index (κ3) is 5.04. The van der Waals surface area contributed by atoms with E-state index in [2.05, 4.69) is 29.4 Å². The van der Waals surface area contributed by atoms with E-state index in [-0.39, 0.29) is 5.91 Å². The first-order valence-electron chi connectivity index (χ1n) is 6.67. The van der Waals surface area contributed by atoms with Gasteiger partial charge >= 0.3 is 0 Å². The van der Waals surface area contributed by atoms with Gasteiger partial charge in [-0.25, -0.2) is 0 Å². The van der Waals surface area contributed by atoms with E-state index in [0.717, 1.165) is 38.0 Å². The SMILES string of the molecule is CNC1CC(C(C)C)CN(CCNC(C)=O)C1. The summed E-state index contributed by atoms with van der Waals surface area (Å²) in [5.41, 5.74) is 0. The van der Waals surface area contributed by atoms with E-state index in [9.17, 15) is 4.79 Å². The summed E-state index contributed by atoms with van der Waals surface area (Å²) >= 11 is 0. The van der Waals surface area contributed by atoms with E-state index in [0.29, 0.717) is 6.04 Å². The first-order valence-corrected chi connectivity index (χ1v) is 6.67. The van der Waals surface area contributed by atoms with Crippen LogP contribution < -0.4 is 10.6 Å². The number of piperidine rings is 1. The molecule has 0 aromatic carbocycles. The number of nitrogens with one attached hydrogen (secondary N) is 2. The van der Waals surface area contributed by atoms with E-state index in [1.165, 1.54) is 6.42 Å². The van der Waals surface area contributed by atoms with Crippen molar-refractivity contribution in [3.05, 3.63) is 0 Å². The van der Waals surface area contributed by atoms with Crippen LogP contribution >= 0.6 is 0 Å². The minimum absolute atomic E-state index is 0.0626. The molecule has 0 radical (unpaired) electrons. The molecule has 2 N–H and O–H groups in total. The van der Waals surface area contributed by atoms with Gasteiger partial charge in [-0.05, 0) is 25.3 Å². The van der Waals surface area contributed by atoms with Crippen LogP contribution in [0.4, 0.5) is 0 Å². The van der Waals surface area contributed by atoms with Crippen molar-refractivity contribution in [3.63, 3.8) is 0 Å². The van der Waals surface area contributed by atoms with Crippen molar-refractivity contribution >= 4 is 5.91 Å². The monoisotopic (exact) mass is 241 g/mol. The van der Waals surface area contributed by atoms with Gasteiger partial charge in [0.2, 0.25) is 5.91 Å². The Morgan fingerprint density at radius 3 is 2.65 bits per heavy atom. The van der Waals surface area contributed by atoms with Gasteiger partial charge in [-0.3, -0.25) is 9.69 Å². The lowest BCUT2D eigenvalue weighted by molar-refractivity contribution is -0.119. The van der Waals surface area contributed by atoms with Crippen molar-refractivity contribution in [1.82, 2.24) is 15.5 Å². The molecule has 2 unspecified atom stereocenters. The van der Waals surface area contributed by atoms with Crippen LogP contribution in [0.5, 0.6) is 0 Å². The fraction of sp³-hybridized carbons (Fsp3) is 0.923. The average molecular weight is 241 g/mol. The van der Waals surface area contributed by atoms with E-state index in [1.807, 2.05) is 7.05 Å². The minimum Gasteiger partial charge on any atom is -0.355 e. The molecule has 4 nitrogen and oxygen atoms in total.